The lowest BCUT2D eigenvalue weighted by atomic mass is 9.83. The van der Waals surface area contributed by atoms with E-state index < -0.39 is 11.9 Å². The maximum Gasteiger partial charge on any atom is 0.343 e. The van der Waals surface area contributed by atoms with E-state index in [0.29, 0.717) is 47.3 Å². The minimum Gasteiger partial charge on any atom is -0.494 e. The largest absolute Gasteiger partial charge is 0.494 e. The van der Waals surface area contributed by atoms with Gasteiger partial charge in [-0.3, -0.25) is 0 Å². The predicted octanol–water partition coefficient (Wildman–Crippen LogP) is 6.81. The lowest BCUT2D eigenvalue weighted by Crippen LogP contribution is -2.21. The second-order valence-corrected chi connectivity index (χ2v) is 10.1. The van der Waals surface area contributed by atoms with E-state index in [2.05, 4.69) is 6.07 Å². The molecule has 0 aromatic heterocycles. The monoisotopic (exact) mass is 576 g/mol. The van der Waals surface area contributed by atoms with Crippen molar-refractivity contribution in [1.82, 2.24) is 0 Å². The lowest BCUT2D eigenvalue weighted by Gasteiger charge is -2.27. The third-order valence-corrected chi connectivity index (χ3v) is 7.00. The molecular formula is C35H32N2O6. The quantitative estimate of drug-likeness (QED) is 0.162. The second kappa shape index (κ2) is 13.0. The first-order chi connectivity index (χ1) is 20.9. The van der Waals surface area contributed by atoms with Crippen molar-refractivity contribution in [2.75, 3.05) is 13.7 Å². The van der Waals surface area contributed by atoms with Gasteiger partial charge < -0.3 is 29.4 Å². The van der Waals surface area contributed by atoms with Gasteiger partial charge in [0.05, 0.1) is 25.2 Å². The minimum absolute atomic E-state index is 0.0233. The van der Waals surface area contributed by atoms with Gasteiger partial charge in [0.25, 0.3) is 0 Å². The fraction of sp³-hybridized carbons (Fsp3) is 0.200. The molecule has 1 unspecified atom stereocenters. The van der Waals surface area contributed by atoms with Gasteiger partial charge in [0.2, 0.25) is 5.88 Å². The Hall–Kier alpha value is -5.42. The number of ether oxygens (including phenoxy) is 5. The third kappa shape index (κ3) is 6.57. The first-order valence-electron chi connectivity index (χ1n) is 13.9. The summed E-state index contributed by atoms with van der Waals surface area (Å²) in [5, 5.41) is 9.99. The smallest absolute Gasteiger partial charge is 0.343 e. The summed E-state index contributed by atoms with van der Waals surface area (Å²) in [6, 6.07) is 27.6. The summed E-state index contributed by atoms with van der Waals surface area (Å²) >= 11 is 0. The van der Waals surface area contributed by atoms with Gasteiger partial charge in [-0.15, -0.1) is 0 Å². The Kier molecular flexibility index (Phi) is 8.82. The molecule has 0 amide bonds. The van der Waals surface area contributed by atoms with E-state index in [1.165, 1.54) is 5.56 Å². The number of allylic oxidation sites excluding steroid dienone is 1. The topological polar surface area (TPSA) is 113 Å². The number of carbonyl (C=O) groups is 1. The molecule has 5 rings (SSSR count). The number of hydrogen-bond acceptors (Lipinski definition) is 8. The van der Waals surface area contributed by atoms with Gasteiger partial charge in [-0.1, -0.05) is 48.9 Å². The number of methoxy groups -OCH3 is 1. The van der Waals surface area contributed by atoms with E-state index in [1.54, 1.807) is 49.6 Å². The molecule has 1 aliphatic heterocycles. The number of esters is 1. The van der Waals surface area contributed by atoms with E-state index in [9.17, 15) is 10.1 Å². The number of carbonyl (C=O) groups excluding carboxylic acids is 1. The average Bonchev–Trinajstić information content (AvgIpc) is 3.03. The van der Waals surface area contributed by atoms with Gasteiger partial charge in [-0.25, -0.2) is 4.79 Å². The zero-order valence-corrected chi connectivity index (χ0v) is 24.3. The number of benzene rings is 4. The first-order valence-corrected chi connectivity index (χ1v) is 13.9. The molecular weight excluding hydrogens is 544 g/mol. The Bertz CT molecular complexity index is 1690. The van der Waals surface area contributed by atoms with Crippen LogP contribution in [0, 0.1) is 18.3 Å². The van der Waals surface area contributed by atoms with Gasteiger partial charge in [-0.2, -0.15) is 5.26 Å². The van der Waals surface area contributed by atoms with Crippen LogP contribution in [0.25, 0.3) is 0 Å². The summed E-state index contributed by atoms with van der Waals surface area (Å²) in [6.45, 7) is 5.04. The van der Waals surface area contributed by atoms with Crippen LogP contribution in [-0.2, 0) is 6.61 Å². The highest BCUT2D eigenvalue weighted by Crippen LogP contribution is 2.45. The van der Waals surface area contributed by atoms with Gasteiger partial charge in [0.15, 0.2) is 11.5 Å². The molecule has 0 saturated heterocycles. The van der Waals surface area contributed by atoms with E-state index >= 15 is 0 Å². The highest BCUT2D eigenvalue weighted by molar-refractivity contribution is 5.91. The molecule has 0 aliphatic carbocycles. The highest BCUT2D eigenvalue weighted by atomic mass is 16.5. The van der Waals surface area contributed by atoms with Crippen molar-refractivity contribution < 1.29 is 28.5 Å². The van der Waals surface area contributed by atoms with Crippen molar-refractivity contribution in [3.63, 3.8) is 0 Å². The van der Waals surface area contributed by atoms with Crippen LogP contribution in [0.1, 0.15) is 51.9 Å². The summed E-state index contributed by atoms with van der Waals surface area (Å²) in [4.78, 5) is 12.8. The molecule has 0 fully saturated rings. The van der Waals surface area contributed by atoms with Gasteiger partial charge in [0, 0.05) is 11.6 Å². The number of rotatable bonds is 10. The summed E-state index contributed by atoms with van der Waals surface area (Å²) in [6.07, 6.45) is 0.891. The molecule has 4 aromatic carbocycles. The van der Waals surface area contributed by atoms with Crippen LogP contribution in [0.15, 0.2) is 96.4 Å². The summed E-state index contributed by atoms with van der Waals surface area (Å²) in [7, 11) is 1.57. The number of hydrogen-bond donors (Lipinski definition) is 1. The molecule has 8 nitrogen and oxygen atoms in total. The SMILES string of the molecule is CCCOc1ccc(C(=O)Oc2ccc3c(c2)OC(N)=C(C#N)C3c2ccc(OCc3ccc(C)cc3)c(OC)c2)cc1. The van der Waals surface area contributed by atoms with Crippen LogP contribution in [0.3, 0.4) is 0 Å². The van der Waals surface area contributed by atoms with Gasteiger partial charge in [0.1, 0.15) is 35.5 Å². The molecule has 0 saturated carbocycles. The Balaban J connectivity index is 1.38. The highest BCUT2D eigenvalue weighted by Gasteiger charge is 2.32. The van der Waals surface area contributed by atoms with Crippen LogP contribution >= 0.6 is 0 Å². The fourth-order valence-corrected chi connectivity index (χ4v) is 4.74. The van der Waals surface area contributed by atoms with Crippen LogP contribution in [-0.4, -0.2) is 19.7 Å². The Morgan fingerprint density at radius 1 is 0.930 bits per heavy atom. The number of fused-ring (bicyclic) bond motifs is 1. The fourth-order valence-electron chi connectivity index (χ4n) is 4.74. The van der Waals surface area contributed by atoms with Crippen molar-refractivity contribution >= 4 is 5.97 Å². The van der Waals surface area contributed by atoms with Crippen LogP contribution in [0.2, 0.25) is 0 Å². The third-order valence-electron chi connectivity index (χ3n) is 7.00. The average molecular weight is 577 g/mol. The maximum atomic E-state index is 12.8. The molecule has 0 bridgehead atoms. The molecule has 1 heterocycles. The molecule has 4 aromatic rings. The van der Waals surface area contributed by atoms with Crippen molar-refractivity contribution in [2.24, 2.45) is 5.73 Å². The van der Waals surface area contributed by atoms with Gasteiger partial charge in [-0.05, 0) is 66.9 Å². The van der Waals surface area contributed by atoms with Crippen LogP contribution in [0.5, 0.6) is 28.7 Å². The van der Waals surface area contributed by atoms with Crippen molar-refractivity contribution in [3.8, 4) is 34.8 Å². The zero-order valence-electron chi connectivity index (χ0n) is 24.3. The van der Waals surface area contributed by atoms with E-state index in [4.69, 9.17) is 29.4 Å². The molecule has 43 heavy (non-hydrogen) atoms. The predicted molar refractivity (Wildman–Crippen MR) is 161 cm³/mol. The summed E-state index contributed by atoms with van der Waals surface area (Å²) in [5.41, 5.74) is 10.5. The second-order valence-electron chi connectivity index (χ2n) is 10.1. The molecule has 218 valence electrons. The Morgan fingerprint density at radius 2 is 1.67 bits per heavy atom. The number of nitrogens with zero attached hydrogens (tertiary/aromatic N) is 1. The summed E-state index contributed by atoms with van der Waals surface area (Å²) < 4.78 is 28.7. The number of nitriles is 1. The van der Waals surface area contributed by atoms with Crippen molar-refractivity contribution in [2.45, 2.75) is 32.8 Å². The number of nitrogens with two attached hydrogens (primary N) is 1. The Morgan fingerprint density at radius 3 is 2.37 bits per heavy atom. The van der Waals surface area contributed by atoms with E-state index in [-0.39, 0.29) is 17.2 Å². The normalized spacial score (nSPS) is 13.8. The number of aryl methyl sites for hydroxylation is 1. The first kappa shape index (κ1) is 29.1. The van der Waals surface area contributed by atoms with Crippen molar-refractivity contribution in [1.29, 1.82) is 5.26 Å². The molecule has 8 heteroatoms. The lowest BCUT2D eigenvalue weighted by molar-refractivity contribution is 0.0734. The Labute approximate surface area is 250 Å². The van der Waals surface area contributed by atoms with Crippen molar-refractivity contribution in [3.05, 3.63) is 124 Å². The van der Waals surface area contributed by atoms with E-state index in [0.717, 1.165) is 17.5 Å². The van der Waals surface area contributed by atoms with E-state index in [1.807, 2.05) is 56.3 Å². The van der Waals surface area contributed by atoms with Gasteiger partial charge >= 0.3 is 5.97 Å². The molecule has 1 atom stereocenters. The summed E-state index contributed by atoms with van der Waals surface area (Å²) in [5.74, 6) is 1.35. The maximum absolute atomic E-state index is 12.8. The standard InChI is InChI=1S/C35H32N2O6/c1-4-17-40-26-12-9-24(10-13-26)35(38)42-27-14-15-28-31(19-27)43-34(37)29(20-36)33(28)25-11-16-30(32(18-25)39-3)41-21-23-7-5-22(2)6-8-23/h5-16,18-19,33H,4,17,21,37H2,1-3H3. The molecule has 1 aliphatic rings. The van der Waals surface area contributed by atoms with Crippen LogP contribution < -0.4 is 29.4 Å². The molecule has 0 spiro atoms. The zero-order chi connectivity index (χ0) is 30.3. The molecule has 2 N–H and O–H groups in total. The van der Waals surface area contributed by atoms with Crippen LogP contribution in [0.4, 0.5) is 0 Å². The molecule has 0 radical (unpaired) electrons. The minimum atomic E-state index is -0.533.